The molecule has 0 saturated carbocycles. The minimum atomic E-state index is 0.568. The van der Waals surface area contributed by atoms with Crippen molar-refractivity contribution in [1.29, 1.82) is 5.26 Å². The third-order valence-electron chi connectivity index (χ3n) is 11.0. The molecule has 8 aromatic carbocycles. The van der Waals surface area contributed by atoms with E-state index in [2.05, 4.69) is 124 Å². The van der Waals surface area contributed by atoms with Crippen molar-refractivity contribution in [2.75, 3.05) is 0 Å². The van der Waals surface area contributed by atoms with Crippen molar-refractivity contribution < 1.29 is 0 Å². The molecule has 0 bridgehead atoms. The molecule has 0 aliphatic rings. The average molecular weight is 741 g/mol. The molecule has 270 valence electrons. The van der Waals surface area contributed by atoms with Crippen molar-refractivity contribution in [2.45, 2.75) is 0 Å². The summed E-state index contributed by atoms with van der Waals surface area (Å²) in [7, 11) is 0. The number of rotatable bonds is 6. The average Bonchev–Trinajstić information content (AvgIpc) is 3.82. The molecular formula is C52H32N6. The molecule has 0 radical (unpaired) electrons. The van der Waals surface area contributed by atoms with Crippen LogP contribution in [0.4, 0.5) is 0 Å². The second-order valence-corrected chi connectivity index (χ2v) is 14.4. The lowest BCUT2D eigenvalue weighted by Crippen LogP contribution is -2.04. The Bertz CT molecular complexity index is 3280. The molecule has 6 heteroatoms. The molecule has 3 aromatic heterocycles. The molecule has 0 saturated heterocycles. The van der Waals surface area contributed by atoms with Crippen LogP contribution in [-0.4, -0.2) is 24.1 Å². The summed E-state index contributed by atoms with van der Waals surface area (Å²) in [5, 5.41) is 14.3. The van der Waals surface area contributed by atoms with Gasteiger partial charge in [0.25, 0.3) is 0 Å². The van der Waals surface area contributed by atoms with Gasteiger partial charge in [-0.2, -0.15) is 5.26 Å². The number of para-hydroxylation sites is 3. The van der Waals surface area contributed by atoms with E-state index in [0.717, 1.165) is 72.0 Å². The van der Waals surface area contributed by atoms with Crippen LogP contribution in [0.15, 0.2) is 194 Å². The van der Waals surface area contributed by atoms with Gasteiger partial charge < -0.3 is 9.13 Å². The smallest absolute Gasteiger partial charge is 0.166 e. The predicted molar refractivity (Wildman–Crippen MR) is 235 cm³/mol. The maximum atomic E-state index is 9.57. The van der Waals surface area contributed by atoms with Crippen molar-refractivity contribution >= 4 is 43.6 Å². The zero-order valence-electron chi connectivity index (χ0n) is 31.2. The summed E-state index contributed by atoms with van der Waals surface area (Å²) in [6.45, 7) is 0. The Morgan fingerprint density at radius 1 is 0.362 bits per heavy atom. The van der Waals surface area contributed by atoms with E-state index in [1.165, 1.54) is 10.8 Å². The molecule has 0 fully saturated rings. The Labute approximate surface area is 334 Å². The minimum absolute atomic E-state index is 0.568. The maximum absolute atomic E-state index is 9.57. The molecule has 0 aliphatic carbocycles. The number of hydrogen-bond donors (Lipinski definition) is 0. The molecule has 58 heavy (non-hydrogen) atoms. The fourth-order valence-electron chi connectivity index (χ4n) is 8.31. The maximum Gasteiger partial charge on any atom is 0.166 e. The van der Waals surface area contributed by atoms with Crippen molar-refractivity contribution in [3.8, 4) is 62.7 Å². The van der Waals surface area contributed by atoms with Crippen molar-refractivity contribution in [3.63, 3.8) is 0 Å². The lowest BCUT2D eigenvalue weighted by molar-refractivity contribution is 1.06. The molecule has 0 atom stereocenters. The third-order valence-corrected chi connectivity index (χ3v) is 11.0. The summed E-state index contributed by atoms with van der Waals surface area (Å²) >= 11 is 0. The Kier molecular flexibility index (Phi) is 7.76. The molecule has 11 rings (SSSR count). The van der Waals surface area contributed by atoms with E-state index in [-0.39, 0.29) is 0 Å². The second kappa shape index (κ2) is 13.6. The normalized spacial score (nSPS) is 11.4. The lowest BCUT2D eigenvalue weighted by atomic mass is 10.0. The van der Waals surface area contributed by atoms with E-state index < -0.39 is 0 Å². The first-order chi connectivity index (χ1) is 28.7. The highest BCUT2D eigenvalue weighted by Crippen LogP contribution is 2.40. The molecule has 0 N–H and O–H groups in total. The monoisotopic (exact) mass is 740 g/mol. The zero-order valence-corrected chi connectivity index (χ0v) is 31.2. The van der Waals surface area contributed by atoms with Crippen molar-refractivity contribution in [1.82, 2.24) is 24.1 Å². The first-order valence-electron chi connectivity index (χ1n) is 19.3. The van der Waals surface area contributed by atoms with Crippen molar-refractivity contribution in [3.05, 3.63) is 200 Å². The zero-order chi connectivity index (χ0) is 38.6. The predicted octanol–water partition coefficient (Wildman–Crippen LogP) is 12.6. The van der Waals surface area contributed by atoms with Crippen LogP contribution >= 0.6 is 0 Å². The Hall–Kier alpha value is -8.14. The molecule has 11 aromatic rings. The van der Waals surface area contributed by atoms with Crippen LogP contribution in [-0.2, 0) is 0 Å². The van der Waals surface area contributed by atoms with Gasteiger partial charge in [0.15, 0.2) is 17.5 Å². The van der Waals surface area contributed by atoms with Crippen LogP contribution < -0.4 is 0 Å². The van der Waals surface area contributed by atoms with Gasteiger partial charge in [0.2, 0.25) is 0 Å². The Morgan fingerprint density at radius 3 is 1.41 bits per heavy atom. The molecule has 3 heterocycles. The second-order valence-electron chi connectivity index (χ2n) is 14.4. The van der Waals surface area contributed by atoms with Gasteiger partial charge >= 0.3 is 0 Å². The molecule has 6 nitrogen and oxygen atoms in total. The fourth-order valence-corrected chi connectivity index (χ4v) is 8.31. The van der Waals surface area contributed by atoms with Gasteiger partial charge in [-0.25, -0.2) is 15.0 Å². The van der Waals surface area contributed by atoms with Gasteiger partial charge in [0.1, 0.15) is 0 Å². The quantitative estimate of drug-likeness (QED) is 0.170. The molecule has 0 spiro atoms. The van der Waals surface area contributed by atoms with Gasteiger partial charge in [-0.05, 0) is 65.7 Å². The molecular weight excluding hydrogens is 709 g/mol. The molecule has 0 aliphatic heterocycles. The van der Waals surface area contributed by atoms with Gasteiger partial charge in [0.05, 0.1) is 39.4 Å². The standard InChI is InChI=1S/C52H32N6/c53-33-34-23-25-35(26-24-34)38-27-29-44(52-55-50(36-13-3-1-4-14-36)54-51(56-52)37-15-5-2-6-16-37)48(31-38)58-47-22-12-9-19-42(47)43-30-28-39(32-49(43)58)57-45-20-10-7-17-40(45)41-18-8-11-21-46(41)57/h1-32H. The highest BCUT2D eigenvalue weighted by Gasteiger charge is 2.21. The number of hydrogen-bond acceptors (Lipinski definition) is 4. The highest BCUT2D eigenvalue weighted by atomic mass is 15.1. The number of fused-ring (bicyclic) bond motifs is 6. The summed E-state index contributed by atoms with van der Waals surface area (Å²) in [6, 6.07) is 69.2. The van der Waals surface area contributed by atoms with Gasteiger partial charge in [-0.1, -0.05) is 140 Å². The summed E-state index contributed by atoms with van der Waals surface area (Å²) in [5.41, 5.74) is 11.7. The number of nitrogens with zero attached hydrogens (tertiary/aromatic N) is 6. The Balaban J connectivity index is 1.22. The highest BCUT2D eigenvalue weighted by molar-refractivity contribution is 6.12. The van der Waals surface area contributed by atoms with E-state index in [0.29, 0.717) is 23.0 Å². The van der Waals surface area contributed by atoms with Gasteiger partial charge in [-0.15, -0.1) is 0 Å². The Morgan fingerprint density at radius 2 is 0.845 bits per heavy atom. The number of nitriles is 1. The first-order valence-corrected chi connectivity index (χ1v) is 19.3. The van der Waals surface area contributed by atoms with E-state index in [4.69, 9.17) is 15.0 Å². The summed E-state index contributed by atoms with van der Waals surface area (Å²) < 4.78 is 4.73. The van der Waals surface area contributed by atoms with Gasteiger partial charge in [0, 0.05) is 43.9 Å². The third kappa shape index (κ3) is 5.45. The first kappa shape index (κ1) is 33.2. The molecule has 0 unspecified atom stereocenters. The van der Waals surface area contributed by atoms with E-state index >= 15 is 0 Å². The van der Waals surface area contributed by atoms with Crippen LogP contribution in [0.25, 0.3) is 100 Å². The summed E-state index contributed by atoms with van der Waals surface area (Å²) in [6.07, 6.45) is 0. The lowest BCUT2D eigenvalue weighted by Gasteiger charge is -2.17. The van der Waals surface area contributed by atoms with Crippen LogP contribution in [0.2, 0.25) is 0 Å². The van der Waals surface area contributed by atoms with E-state index in [9.17, 15) is 5.26 Å². The van der Waals surface area contributed by atoms with E-state index in [1.54, 1.807) is 0 Å². The van der Waals surface area contributed by atoms with E-state index in [1.807, 2.05) is 84.9 Å². The van der Waals surface area contributed by atoms with Crippen LogP contribution in [0, 0.1) is 11.3 Å². The summed E-state index contributed by atoms with van der Waals surface area (Å²) in [5.74, 6) is 1.77. The van der Waals surface area contributed by atoms with Crippen LogP contribution in [0.3, 0.4) is 0 Å². The van der Waals surface area contributed by atoms with Gasteiger partial charge in [-0.3, -0.25) is 0 Å². The molecule has 0 amide bonds. The summed E-state index contributed by atoms with van der Waals surface area (Å²) in [4.78, 5) is 15.4. The van der Waals surface area contributed by atoms with Crippen LogP contribution in [0.1, 0.15) is 5.56 Å². The fraction of sp³-hybridized carbons (Fsp3) is 0. The number of benzene rings is 8. The number of aromatic nitrogens is 5. The van der Waals surface area contributed by atoms with Crippen LogP contribution in [0.5, 0.6) is 0 Å². The largest absolute Gasteiger partial charge is 0.309 e. The topological polar surface area (TPSA) is 72.3 Å². The SMILES string of the molecule is N#Cc1ccc(-c2ccc(-c3nc(-c4ccccc4)nc(-c4ccccc4)n3)c(-n3c4ccccc4c4ccc(-n5c6ccccc6c6ccccc65)cc43)c2)cc1. The van der Waals surface area contributed by atoms with Crippen molar-refractivity contribution in [2.24, 2.45) is 0 Å². The minimum Gasteiger partial charge on any atom is -0.309 e.